The fraction of sp³-hybridized carbons (Fsp3) is 0.100. The number of anilines is 2. The summed E-state index contributed by atoms with van der Waals surface area (Å²) in [5.41, 5.74) is 5.94. The van der Waals surface area contributed by atoms with Crippen molar-refractivity contribution >= 4 is 16.9 Å². The first-order chi connectivity index (χ1) is 10.3. The Hall–Kier alpha value is -2.54. The maximum Gasteiger partial charge on any atom is 0.0384 e. The van der Waals surface area contributed by atoms with Crippen LogP contribution in [0.2, 0.25) is 0 Å². The second-order valence-electron chi connectivity index (χ2n) is 5.26. The number of hydrogen-bond acceptors (Lipinski definition) is 1. The van der Waals surface area contributed by atoms with Gasteiger partial charge in [0.1, 0.15) is 0 Å². The van der Waals surface area contributed by atoms with Gasteiger partial charge in [0, 0.05) is 11.4 Å². The highest BCUT2D eigenvalue weighted by atomic mass is 14.9. The highest BCUT2D eigenvalue weighted by Crippen LogP contribution is 2.24. The maximum atomic E-state index is 4.03. The standard InChI is InChI=1S/C20H19N/c1-16-6-5-7-17(11-10-16)18-12-14-20(15-13-18)21-19-8-3-2-4-9-19/h2-4,7-15,21H,1,5-6H2. The van der Waals surface area contributed by atoms with Crippen molar-refractivity contribution in [3.05, 3.63) is 90.5 Å². The molecule has 1 aliphatic carbocycles. The van der Waals surface area contributed by atoms with Crippen LogP contribution in [0.3, 0.4) is 0 Å². The molecule has 2 aromatic rings. The van der Waals surface area contributed by atoms with Gasteiger partial charge in [0.15, 0.2) is 0 Å². The molecule has 0 heterocycles. The Bertz CT molecular complexity index is 676. The molecule has 1 aliphatic rings. The molecule has 0 amide bonds. The van der Waals surface area contributed by atoms with Crippen molar-refractivity contribution in [2.75, 3.05) is 5.32 Å². The van der Waals surface area contributed by atoms with E-state index in [2.05, 4.69) is 66.5 Å². The topological polar surface area (TPSA) is 12.0 Å². The summed E-state index contributed by atoms with van der Waals surface area (Å²) in [6.07, 6.45) is 8.68. The minimum absolute atomic E-state index is 1.05. The molecule has 21 heavy (non-hydrogen) atoms. The molecular formula is C20H19N. The van der Waals surface area contributed by atoms with Gasteiger partial charge in [0.05, 0.1) is 0 Å². The van der Waals surface area contributed by atoms with E-state index < -0.39 is 0 Å². The molecule has 3 rings (SSSR count). The molecular weight excluding hydrogens is 254 g/mol. The van der Waals surface area contributed by atoms with E-state index in [9.17, 15) is 0 Å². The Morgan fingerprint density at radius 3 is 2.29 bits per heavy atom. The minimum atomic E-state index is 1.05. The number of nitrogens with one attached hydrogen (secondary N) is 1. The third-order valence-electron chi connectivity index (χ3n) is 3.61. The predicted octanol–water partition coefficient (Wildman–Crippen LogP) is 5.72. The Morgan fingerprint density at radius 2 is 1.52 bits per heavy atom. The van der Waals surface area contributed by atoms with Crippen molar-refractivity contribution in [1.29, 1.82) is 0 Å². The molecule has 0 radical (unpaired) electrons. The zero-order valence-corrected chi connectivity index (χ0v) is 12.0. The van der Waals surface area contributed by atoms with Crippen LogP contribution in [0.4, 0.5) is 11.4 Å². The van der Waals surface area contributed by atoms with Gasteiger partial charge in [-0.05, 0) is 48.2 Å². The average Bonchev–Trinajstić information content (AvgIpc) is 2.74. The Labute approximate surface area is 126 Å². The predicted molar refractivity (Wildman–Crippen MR) is 91.7 cm³/mol. The van der Waals surface area contributed by atoms with Crippen LogP contribution >= 0.6 is 0 Å². The van der Waals surface area contributed by atoms with Crippen LogP contribution in [-0.4, -0.2) is 0 Å². The fourth-order valence-corrected chi connectivity index (χ4v) is 2.42. The largest absolute Gasteiger partial charge is 0.356 e. The Balaban J connectivity index is 1.76. The first-order valence-electron chi connectivity index (χ1n) is 7.30. The van der Waals surface area contributed by atoms with Crippen molar-refractivity contribution in [2.24, 2.45) is 0 Å². The van der Waals surface area contributed by atoms with E-state index in [0.29, 0.717) is 0 Å². The quantitative estimate of drug-likeness (QED) is 0.754. The summed E-state index contributed by atoms with van der Waals surface area (Å²) >= 11 is 0. The van der Waals surface area contributed by atoms with Gasteiger partial charge < -0.3 is 5.32 Å². The lowest BCUT2D eigenvalue weighted by molar-refractivity contribution is 1.02. The first kappa shape index (κ1) is 13.4. The molecule has 1 heteroatoms. The molecule has 0 bridgehead atoms. The second-order valence-corrected chi connectivity index (χ2v) is 5.26. The zero-order chi connectivity index (χ0) is 14.5. The van der Waals surface area contributed by atoms with Crippen molar-refractivity contribution in [3.8, 4) is 0 Å². The lowest BCUT2D eigenvalue weighted by Gasteiger charge is -2.08. The Kier molecular flexibility index (Phi) is 4.02. The molecule has 2 aromatic carbocycles. The lowest BCUT2D eigenvalue weighted by Crippen LogP contribution is -1.90. The van der Waals surface area contributed by atoms with Crippen molar-refractivity contribution in [3.63, 3.8) is 0 Å². The summed E-state index contributed by atoms with van der Waals surface area (Å²) in [5, 5.41) is 3.40. The average molecular weight is 273 g/mol. The van der Waals surface area contributed by atoms with Gasteiger partial charge in [-0.25, -0.2) is 0 Å². The number of para-hydroxylation sites is 1. The van der Waals surface area contributed by atoms with Gasteiger partial charge in [-0.15, -0.1) is 0 Å². The number of hydrogen-bond donors (Lipinski definition) is 1. The molecule has 0 fully saturated rings. The molecule has 0 saturated heterocycles. The highest BCUT2D eigenvalue weighted by Gasteiger charge is 2.02. The number of rotatable bonds is 3. The molecule has 1 nitrogen and oxygen atoms in total. The molecule has 0 unspecified atom stereocenters. The van der Waals surface area contributed by atoms with E-state index in [4.69, 9.17) is 0 Å². The van der Waals surface area contributed by atoms with Crippen molar-refractivity contribution in [2.45, 2.75) is 12.8 Å². The molecule has 0 atom stereocenters. The first-order valence-corrected chi connectivity index (χ1v) is 7.30. The van der Waals surface area contributed by atoms with Crippen molar-refractivity contribution < 1.29 is 0 Å². The van der Waals surface area contributed by atoms with Crippen molar-refractivity contribution in [1.82, 2.24) is 0 Å². The smallest absolute Gasteiger partial charge is 0.0384 e. The van der Waals surface area contributed by atoms with Gasteiger partial charge in [0.2, 0.25) is 0 Å². The van der Waals surface area contributed by atoms with Crippen LogP contribution < -0.4 is 5.32 Å². The van der Waals surface area contributed by atoms with E-state index in [1.54, 1.807) is 0 Å². The highest BCUT2D eigenvalue weighted by molar-refractivity contribution is 5.76. The number of benzene rings is 2. The van der Waals surface area contributed by atoms with E-state index in [-0.39, 0.29) is 0 Å². The van der Waals surface area contributed by atoms with Crippen LogP contribution in [0.5, 0.6) is 0 Å². The van der Waals surface area contributed by atoms with E-state index in [1.165, 1.54) is 16.7 Å². The van der Waals surface area contributed by atoms with Gasteiger partial charge in [-0.1, -0.05) is 60.7 Å². The summed E-state index contributed by atoms with van der Waals surface area (Å²) in [4.78, 5) is 0. The minimum Gasteiger partial charge on any atom is -0.356 e. The van der Waals surface area contributed by atoms with Gasteiger partial charge in [-0.2, -0.15) is 0 Å². The van der Waals surface area contributed by atoms with Crippen LogP contribution in [0.1, 0.15) is 18.4 Å². The second kappa shape index (κ2) is 6.27. The van der Waals surface area contributed by atoms with E-state index in [0.717, 1.165) is 24.2 Å². The van der Waals surface area contributed by atoms with Gasteiger partial charge in [-0.3, -0.25) is 0 Å². The van der Waals surface area contributed by atoms with Gasteiger partial charge in [0.25, 0.3) is 0 Å². The zero-order valence-electron chi connectivity index (χ0n) is 12.0. The third kappa shape index (κ3) is 3.51. The summed E-state index contributed by atoms with van der Waals surface area (Å²) in [6.45, 7) is 4.03. The summed E-state index contributed by atoms with van der Waals surface area (Å²) in [5.74, 6) is 0. The lowest BCUT2D eigenvalue weighted by atomic mass is 10.0. The normalized spacial score (nSPS) is 14.5. The summed E-state index contributed by atoms with van der Waals surface area (Å²) in [6, 6.07) is 18.8. The summed E-state index contributed by atoms with van der Waals surface area (Å²) < 4.78 is 0. The van der Waals surface area contributed by atoms with Crippen LogP contribution in [0, 0.1) is 0 Å². The van der Waals surface area contributed by atoms with E-state index in [1.807, 2.05) is 18.2 Å². The molecule has 0 spiro atoms. The van der Waals surface area contributed by atoms with Gasteiger partial charge >= 0.3 is 0 Å². The monoisotopic (exact) mass is 273 g/mol. The number of allylic oxidation sites excluding steroid dienone is 5. The third-order valence-corrected chi connectivity index (χ3v) is 3.61. The molecule has 0 saturated carbocycles. The Morgan fingerprint density at radius 1 is 0.810 bits per heavy atom. The molecule has 0 aliphatic heterocycles. The van der Waals surface area contributed by atoms with Crippen LogP contribution in [-0.2, 0) is 0 Å². The SMILES string of the molecule is C=C1C=CC(c2ccc(Nc3ccccc3)cc2)=CCC1. The fourth-order valence-electron chi connectivity index (χ4n) is 2.42. The maximum absolute atomic E-state index is 4.03. The van der Waals surface area contributed by atoms with Crippen LogP contribution in [0.25, 0.3) is 5.57 Å². The summed E-state index contributed by atoms with van der Waals surface area (Å²) in [7, 11) is 0. The van der Waals surface area contributed by atoms with Crippen LogP contribution in [0.15, 0.2) is 85.0 Å². The molecule has 104 valence electrons. The van der Waals surface area contributed by atoms with E-state index >= 15 is 0 Å². The molecule has 1 N–H and O–H groups in total. The molecule has 0 aromatic heterocycles.